The summed E-state index contributed by atoms with van der Waals surface area (Å²) < 4.78 is 22.0. The number of nitrogens with zero attached hydrogens (tertiary/aromatic N) is 1. The number of nitro groups is 1. The molecule has 0 aliphatic heterocycles. The summed E-state index contributed by atoms with van der Waals surface area (Å²) in [6, 6.07) is 11.5. The van der Waals surface area contributed by atoms with Crippen molar-refractivity contribution in [1.82, 2.24) is 0 Å². The van der Waals surface area contributed by atoms with Crippen LogP contribution in [0.25, 0.3) is 0 Å². The van der Waals surface area contributed by atoms with Crippen LogP contribution in [-0.4, -0.2) is 4.92 Å². The van der Waals surface area contributed by atoms with Crippen LogP contribution >= 0.6 is 46.8 Å². The predicted octanol–water partition coefficient (Wildman–Crippen LogP) is 7.91. The average molecular weight is 474 g/mol. The highest BCUT2D eigenvalue weighted by molar-refractivity contribution is 8.00. The van der Waals surface area contributed by atoms with Gasteiger partial charge in [0.2, 0.25) is 0 Å². The van der Waals surface area contributed by atoms with Crippen LogP contribution in [0, 0.1) is 22.9 Å². The van der Waals surface area contributed by atoms with Crippen LogP contribution < -0.4 is 9.46 Å². The maximum Gasteiger partial charge on any atom is 0.271 e. The van der Waals surface area contributed by atoms with E-state index >= 15 is 0 Å². The summed E-state index contributed by atoms with van der Waals surface area (Å²) in [5, 5.41) is 11.3. The summed E-state index contributed by atoms with van der Waals surface area (Å²) in [6.07, 6.45) is 0. The summed E-state index contributed by atoms with van der Waals surface area (Å²) in [5.41, 5.74) is 1.34. The summed E-state index contributed by atoms with van der Waals surface area (Å²) in [5.74, 6) is 0.0449. The number of hydrogen-bond acceptors (Lipinski definition) is 5. The molecule has 0 saturated carbocycles. The van der Waals surface area contributed by atoms with E-state index in [2.05, 4.69) is 4.72 Å². The first-order valence-electron chi connectivity index (χ1n) is 8.04. The Balaban J connectivity index is 1.78. The smallest absolute Gasteiger partial charge is 0.271 e. The lowest BCUT2D eigenvalue weighted by molar-refractivity contribution is -0.384. The van der Waals surface area contributed by atoms with Gasteiger partial charge in [0.1, 0.15) is 11.6 Å². The normalized spacial score (nSPS) is 10.7. The van der Waals surface area contributed by atoms with Gasteiger partial charge in [0.05, 0.1) is 20.0 Å². The Morgan fingerprint density at radius 2 is 1.72 bits per heavy atom. The maximum atomic E-state index is 13.2. The van der Waals surface area contributed by atoms with Gasteiger partial charge >= 0.3 is 0 Å². The van der Waals surface area contributed by atoms with Crippen molar-refractivity contribution in [3.8, 4) is 11.5 Å². The first-order chi connectivity index (χ1) is 13.7. The van der Waals surface area contributed by atoms with Gasteiger partial charge in [-0.1, -0.05) is 34.8 Å². The second-order valence-electron chi connectivity index (χ2n) is 5.85. The molecule has 0 aliphatic rings. The van der Waals surface area contributed by atoms with Gasteiger partial charge in [0.15, 0.2) is 5.75 Å². The molecule has 0 aromatic heterocycles. The number of benzene rings is 3. The van der Waals surface area contributed by atoms with E-state index in [1.54, 1.807) is 25.1 Å². The molecule has 0 atom stereocenters. The molecule has 0 saturated heterocycles. The van der Waals surface area contributed by atoms with Crippen molar-refractivity contribution in [2.45, 2.75) is 11.8 Å². The maximum absolute atomic E-state index is 13.2. The molecule has 0 aliphatic carbocycles. The van der Waals surface area contributed by atoms with Gasteiger partial charge in [0, 0.05) is 22.7 Å². The summed E-state index contributed by atoms with van der Waals surface area (Å²) in [7, 11) is 0. The van der Waals surface area contributed by atoms with Crippen molar-refractivity contribution < 1.29 is 14.1 Å². The van der Waals surface area contributed by atoms with Gasteiger partial charge in [-0.25, -0.2) is 4.39 Å². The zero-order valence-electron chi connectivity index (χ0n) is 14.7. The Morgan fingerprint density at radius 3 is 2.31 bits per heavy atom. The summed E-state index contributed by atoms with van der Waals surface area (Å²) in [6.45, 7) is 1.79. The minimum Gasteiger partial charge on any atom is -0.453 e. The van der Waals surface area contributed by atoms with E-state index in [1.165, 1.54) is 42.3 Å². The zero-order valence-corrected chi connectivity index (χ0v) is 17.8. The lowest BCUT2D eigenvalue weighted by Crippen LogP contribution is -1.93. The fourth-order valence-corrected chi connectivity index (χ4v) is 4.06. The molecular formula is C19H12Cl3FN2O3S. The SMILES string of the molecule is Cc1cc(F)ccc1NSc1cc(Cl)c(Oc2ccc([N+](=O)[O-])cc2Cl)c(Cl)c1. The van der Waals surface area contributed by atoms with Gasteiger partial charge in [-0.2, -0.15) is 0 Å². The van der Waals surface area contributed by atoms with E-state index in [9.17, 15) is 14.5 Å². The molecule has 3 aromatic rings. The van der Waals surface area contributed by atoms with Gasteiger partial charge < -0.3 is 9.46 Å². The molecule has 10 heteroatoms. The number of halogens is 4. The summed E-state index contributed by atoms with van der Waals surface area (Å²) in [4.78, 5) is 10.9. The second-order valence-corrected chi connectivity index (χ2v) is 7.95. The van der Waals surface area contributed by atoms with Gasteiger partial charge in [-0.3, -0.25) is 10.1 Å². The monoisotopic (exact) mass is 472 g/mol. The van der Waals surface area contributed by atoms with Crippen LogP contribution in [0.3, 0.4) is 0 Å². The molecule has 0 amide bonds. The molecule has 0 unspecified atom stereocenters. The Hall–Kier alpha value is -2.19. The van der Waals surface area contributed by atoms with E-state index in [1.807, 2.05) is 0 Å². The van der Waals surface area contributed by atoms with Crippen molar-refractivity contribution in [2.75, 3.05) is 4.72 Å². The minimum absolute atomic E-state index is 0.0539. The number of aryl methyl sites for hydroxylation is 1. The van der Waals surface area contributed by atoms with Crippen LogP contribution in [-0.2, 0) is 0 Å². The standard InChI is InChI=1S/C19H12Cl3FN2O3S/c1-10-6-11(23)2-4-17(10)24-29-13-8-15(21)19(16(22)9-13)28-18-5-3-12(25(26)27)7-14(18)20/h2-9,24H,1H3. The van der Waals surface area contributed by atoms with Crippen molar-refractivity contribution in [3.05, 3.63) is 85.1 Å². The zero-order chi connectivity index (χ0) is 21.1. The van der Waals surface area contributed by atoms with E-state index in [4.69, 9.17) is 39.5 Å². The highest BCUT2D eigenvalue weighted by atomic mass is 35.5. The molecule has 1 N–H and O–H groups in total. The first kappa shape index (κ1) is 21.5. The third kappa shape index (κ3) is 5.25. The third-order valence-corrected chi connectivity index (χ3v) is 5.43. The quantitative estimate of drug-likeness (QED) is 0.224. The molecule has 29 heavy (non-hydrogen) atoms. The fraction of sp³-hybridized carbons (Fsp3) is 0.0526. The van der Waals surface area contributed by atoms with Crippen LogP contribution in [0.4, 0.5) is 15.8 Å². The number of nitrogens with one attached hydrogen (secondary N) is 1. The topological polar surface area (TPSA) is 64.4 Å². The van der Waals surface area contributed by atoms with Gasteiger partial charge in [-0.05, 0) is 60.8 Å². The molecule has 0 bridgehead atoms. The first-order valence-corrected chi connectivity index (χ1v) is 9.99. The van der Waals surface area contributed by atoms with Crippen LogP contribution in [0.15, 0.2) is 53.4 Å². The van der Waals surface area contributed by atoms with Crippen LogP contribution in [0.2, 0.25) is 15.1 Å². The van der Waals surface area contributed by atoms with E-state index in [-0.39, 0.29) is 38.1 Å². The van der Waals surface area contributed by atoms with Crippen molar-refractivity contribution in [1.29, 1.82) is 0 Å². The second kappa shape index (κ2) is 9.09. The summed E-state index contributed by atoms with van der Waals surface area (Å²) >= 11 is 19.9. The molecule has 3 rings (SSSR count). The fourth-order valence-electron chi connectivity index (χ4n) is 2.34. The van der Waals surface area contributed by atoms with Crippen molar-refractivity contribution >= 4 is 58.1 Å². The number of hydrogen-bond donors (Lipinski definition) is 1. The van der Waals surface area contributed by atoms with Crippen molar-refractivity contribution in [3.63, 3.8) is 0 Å². The molecule has 5 nitrogen and oxygen atoms in total. The lowest BCUT2D eigenvalue weighted by Gasteiger charge is -2.13. The van der Waals surface area contributed by atoms with E-state index in [0.717, 1.165) is 11.3 Å². The number of ether oxygens (including phenoxy) is 1. The Bertz CT molecular complexity index is 1080. The number of non-ortho nitro benzene ring substituents is 1. The molecule has 3 aromatic carbocycles. The Kier molecular flexibility index (Phi) is 6.74. The lowest BCUT2D eigenvalue weighted by atomic mass is 10.2. The highest BCUT2D eigenvalue weighted by Crippen LogP contribution is 2.42. The highest BCUT2D eigenvalue weighted by Gasteiger charge is 2.16. The molecular weight excluding hydrogens is 462 g/mol. The van der Waals surface area contributed by atoms with Crippen molar-refractivity contribution in [2.24, 2.45) is 0 Å². The van der Waals surface area contributed by atoms with E-state index < -0.39 is 4.92 Å². The number of anilines is 1. The van der Waals surface area contributed by atoms with Crippen LogP contribution in [0.5, 0.6) is 11.5 Å². The third-order valence-electron chi connectivity index (χ3n) is 3.78. The Morgan fingerprint density at radius 1 is 1.03 bits per heavy atom. The molecule has 0 radical (unpaired) electrons. The molecule has 0 fully saturated rings. The molecule has 0 spiro atoms. The Labute approximate surface area is 185 Å². The predicted molar refractivity (Wildman–Crippen MR) is 115 cm³/mol. The molecule has 0 heterocycles. The number of rotatable bonds is 6. The number of nitro benzene ring substituents is 1. The van der Waals surface area contributed by atoms with E-state index in [0.29, 0.717) is 4.90 Å². The molecule has 150 valence electrons. The average Bonchev–Trinajstić information content (AvgIpc) is 2.65. The minimum atomic E-state index is -0.558. The van der Waals surface area contributed by atoms with Crippen LogP contribution in [0.1, 0.15) is 5.56 Å². The largest absolute Gasteiger partial charge is 0.453 e. The van der Waals surface area contributed by atoms with Gasteiger partial charge in [-0.15, -0.1) is 0 Å². The van der Waals surface area contributed by atoms with Gasteiger partial charge in [0.25, 0.3) is 5.69 Å².